The summed E-state index contributed by atoms with van der Waals surface area (Å²) in [5.74, 6) is -0.159. The highest BCUT2D eigenvalue weighted by Gasteiger charge is 2.10. The Morgan fingerprint density at radius 2 is 1.91 bits per heavy atom. The summed E-state index contributed by atoms with van der Waals surface area (Å²) in [6.07, 6.45) is 0. The van der Waals surface area contributed by atoms with Crippen LogP contribution in [-0.4, -0.2) is 10.9 Å². The number of aryl methyl sites for hydroxylation is 3. The highest BCUT2D eigenvalue weighted by Crippen LogP contribution is 2.27. The average Bonchev–Trinajstić information content (AvgIpc) is 2.89. The summed E-state index contributed by atoms with van der Waals surface area (Å²) < 4.78 is 1.10. The van der Waals surface area contributed by atoms with Crippen molar-refractivity contribution >= 4 is 32.6 Å². The molecule has 3 rings (SSSR count). The fourth-order valence-electron chi connectivity index (χ4n) is 2.39. The Morgan fingerprint density at radius 1 is 1.09 bits per heavy atom. The zero-order valence-corrected chi connectivity index (χ0v) is 13.5. The van der Waals surface area contributed by atoms with Crippen LogP contribution in [0.5, 0.6) is 0 Å². The number of thiazole rings is 1. The number of nitrogens with zero attached hydrogens (tertiary/aromatic N) is 1. The number of carbonyl (C=O) groups excluding carboxylic acids is 1. The van der Waals surface area contributed by atoms with E-state index in [9.17, 15) is 4.79 Å². The third-order valence-electron chi connectivity index (χ3n) is 3.53. The Morgan fingerprint density at radius 3 is 2.64 bits per heavy atom. The molecule has 0 aliphatic rings. The zero-order valence-electron chi connectivity index (χ0n) is 12.7. The fraction of sp³-hybridized carbons (Fsp3) is 0.176. The molecular formula is C17H17N3OS. The van der Waals surface area contributed by atoms with Gasteiger partial charge >= 0.3 is 0 Å². The first-order valence-corrected chi connectivity index (χ1v) is 7.86. The summed E-state index contributed by atoms with van der Waals surface area (Å²) in [4.78, 5) is 16.7. The Bertz CT molecular complexity index is 854. The van der Waals surface area contributed by atoms with Crippen molar-refractivity contribution in [1.82, 2.24) is 10.4 Å². The number of hydrogen-bond acceptors (Lipinski definition) is 4. The molecule has 2 aromatic carbocycles. The molecule has 1 heterocycles. The van der Waals surface area contributed by atoms with Crippen LogP contribution in [-0.2, 0) is 0 Å². The number of carbonyl (C=O) groups is 1. The van der Waals surface area contributed by atoms with Crippen LogP contribution in [0.15, 0.2) is 36.4 Å². The predicted molar refractivity (Wildman–Crippen MR) is 91.4 cm³/mol. The topological polar surface area (TPSA) is 54.0 Å². The standard InChI is InChI=1S/C17H17N3OS/c1-10-7-8-13(12(3)9-10)16(21)19-20-17-18-15-11(2)5-4-6-14(15)22-17/h4-9H,1-3H3,(H,18,20)(H,19,21). The van der Waals surface area contributed by atoms with E-state index in [1.807, 2.05) is 57.2 Å². The number of para-hydroxylation sites is 1. The zero-order chi connectivity index (χ0) is 15.7. The first-order chi connectivity index (χ1) is 10.5. The molecule has 0 fully saturated rings. The highest BCUT2D eigenvalue weighted by atomic mass is 32.1. The first kappa shape index (κ1) is 14.5. The third-order valence-corrected chi connectivity index (χ3v) is 4.47. The molecule has 0 bridgehead atoms. The molecule has 1 aromatic heterocycles. The molecule has 0 saturated heterocycles. The summed E-state index contributed by atoms with van der Waals surface area (Å²) in [6, 6.07) is 11.8. The van der Waals surface area contributed by atoms with Gasteiger partial charge in [-0.1, -0.05) is 41.2 Å². The normalized spacial score (nSPS) is 10.7. The van der Waals surface area contributed by atoms with Crippen LogP contribution in [0.2, 0.25) is 0 Å². The highest BCUT2D eigenvalue weighted by molar-refractivity contribution is 7.22. The number of amides is 1. The molecule has 1 amide bonds. The molecule has 0 aliphatic heterocycles. The number of benzene rings is 2. The van der Waals surface area contributed by atoms with Crippen LogP contribution in [0.25, 0.3) is 10.2 Å². The summed E-state index contributed by atoms with van der Waals surface area (Å²) >= 11 is 1.52. The molecule has 0 aliphatic carbocycles. The molecule has 0 unspecified atom stereocenters. The van der Waals surface area contributed by atoms with Gasteiger partial charge in [0.2, 0.25) is 5.13 Å². The van der Waals surface area contributed by atoms with E-state index >= 15 is 0 Å². The molecule has 3 aromatic rings. The molecule has 2 N–H and O–H groups in total. The van der Waals surface area contributed by atoms with Crippen LogP contribution >= 0.6 is 11.3 Å². The predicted octanol–water partition coefficient (Wildman–Crippen LogP) is 3.98. The van der Waals surface area contributed by atoms with E-state index in [1.165, 1.54) is 11.3 Å². The van der Waals surface area contributed by atoms with E-state index in [1.54, 1.807) is 0 Å². The minimum Gasteiger partial charge on any atom is -0.273 e. The number of fused-ring (bicyclic) bond motifs is 1. The lowest BCUT2D eigenvalue weighted by molar-refractivity contribution is 0.0962. The van der Waals surface area contributed by atoms with Crippen LogP contribution in [0, 0.1) is 20.8 Å². The molecular weight excluding hydrogens is 294 g/mol. The fourth-order valence-corrected chi connectivity index (χ4v) is 3.28. The Balaban J connectivity index is 1.76. The molecule has 0 radical (unpaired) electrons. The van der Waals surface area contributed by atoms with Crippen molar-refractivity contribution in [2.75, 3.05) is 5.43 Å². The molecule has 112 valence electrons. The molecule has 0 spiro atoms. The van der Waals surface area contributed by atoms with Gasteiger partial charge < -0.3 is 0 Å². The van der Waals surface area contributed by atoms with Gasteiger partial charge in [0.25, 0.3) is 5.91 Å². The lowest BCUT2D eigenvalue weighted by Crippen LogP contribution is -2.29. The first-order valence-electron chi connectivity index (χ1n) is 7.04. The SMILES string of the molecule is Cc1ccc(C(=O)NNc2nc3c(C)cccc3s2)c(C)c1. The summed E-state index contributed by atoms with van der Waals surface area (Å²) in [5.41, 5.74) is 10.5. The van der Waals surface area contributed by atoms with Crippen LogP contribution in [0.1, 0.15) is 27.0 Å². The minimum absolute atomic E-state index is 0.159. The van der Waals surface area contributed by atoms with Gasteiger partial charge in [0.1, 0.15) is 0 Å². The second kappa shape index (κ2) is 5.77. The van der Waals surface area contributed by atoms with Gasteiger partial charge in [-0.05, 0) is 44.0 Å². The van der Waals surface area contributed by atoms with Gasteiger partial charge in [-0.3, -0.25) is 15.6 Å². The maximum atomic E-state index is 12.2. The van der Waals surface area contributed by atoms with E-state index in [2.05, 4.69) is 15.8 Å². The van der Waals surface area contributed by atoms with Crippen molar-refractivity contribution in [3.8, 4) is 0 Å². The third kappa shape index (κ3) is 2.80. The summed E-state index contributed by atoms with van der Waals surface area (Å²) in [7, 11) is 0. The van der Waals surface area contributed by atoms with Crippen molar-refractivity contribution < 1.29 is 4.79 Å². The number of anilines is 1. The number of rotatable bonds is 3. The van der Waals surface area contributed by atoms with Crippen molar-refractivity contribution in [3.63, 3.8) is 0 Å². The second-order valence-electron chi connectivity index (χ2n) is 5.34. The lowest BCUT2D eigenvalue weighted by Gasteiger charge is -2.08. The quantitative estimate of drug-likeness (QED) is 0.719. The largest absolute Gasteiger partial charge is 0.273 e. The van der Waals surface area contributed by atoms with Gasteiger partial charge in [0.15, 0.2) is 0 Å². The van der Waals surface area contributed by atoms with Gasteiger partial charge in [-0.2, -0.15) is 0 Å². The van der Waals surface area contributed by atoms with Gasteiger partial charge in [0.05, 0.1) is 10.2 Å². The molecule has 22 heavy (non-hydrogen) atoms. The van der Waals surface area contributed by atoms with E-state index in [-0.39, 0.29) is 5.91 Å². The average molecular weight is 311 g/mol. The van der Waals surface area contributed by atoms with Gasteiger partial charge in [0, 0.05) is 5.56 Å². The summed E-state index contributed by atoms with van der Waals surface area (Å²) in [5, 5.41) is 0.683. The van der Waals surface area contributed by atoms with Crippen molar-refractivity contribution in [2.45, 2.75) is 20.8 Å². The van der Waals surface area contributed by atoms with E-state index < -0.39 is 0 Å². The Kier molecular flexibility index (Phi) is 3.81. The Labute approximate surface area is 133 Å². The molecule has 4 nitrogen and oxygen atoms in total. The monoisotopic (exact) mass is 311 g/mol. The summed E-state index contributed by atoms with van der Waals surface area (Å²) in [6.45, 7) is 5.97. The molecule has 5 heteroatoms. The maximum Gasteiger partial charge on any atom is 0.269 e. The van der Waals surface area contributed by atoms with E-state index in [0.29, 0.717) is 10.7 Å². The number of aromatic nitrogens is 1. The number of hydrogen-bond donors (Lipinski definition) is 2. The number of nitrogens with one attached hydrogen (secondary N) is 2. The van der Waals surface area contributed by atoms with Crippen molar-refractivity contribution in [1.29, 1.82) is 0 Å². The minimum atomic E-state index is -0.159. The van der Waals surface area contributed by atoms with Crippen LogP contribution in [0.4, 0.5) is 5.13 Å². The molecule has 0 atom stereocenters. The van der Waals surface area contributed by atoms with E-state index in [4.69, 9.17) is 0 Å². The van der Waals surface area contributed by atoms with Gasteiger partial charge in [-0.25, -0.2) is 4.98 Å². The van der Waals surface area contributed by atoms with Crippen molar-refractivity contribution in [2.24, 2.45) is 0 Å². The van der Waals surface area contributed by atoms with E-state index in [0.717, 1.165) is 26.9 Å². The Hall–Kier alpha value is -2.40. The second-order valence-corrected chi connectivity index (χ2v) is 6.37. The van der Waals surface area contributed by atoms with Crippen LogP contribution in [0.3, 0.4) is 0 Å². The number of hydrazine groups is 1. The maximum absolute atomic E-state index is 12.2. The molecule has 0 saturated carbocycles. The van der Waals surface area contributed by atoms with Crippen molar-refractivity contribution in [3.05, 3.63) is 58.7 Å². The van der Waals surface area contributed by atoms with Crippen LogP contribution < -0.4 is 10.9 Å². The van der Waals surface area contributed by atoms with Gasteiger partial charge in [-0.15, -0.1) is 0 Å². The smallest absolute Gasteiger partial charge is 0.269 e. The lowest BCUT2D eigenvalue weighted by atomic mass is 10.1.